The third-order valence-corrected chi connectivity index (χ3v) is 11.2. The Morgan fingerprint density at radius 1 is 1.00 bits per heavy atom. The summed E-state index contributed by atoms with van der Waals surface area (Å²) in [5.41, 5.74) is 0. The van der Waals surface area contributed by atoms with Crippen molar-refractivity contribution in [3.8, 4) is 0 Å². The predicted molar refractivity (Wildman–Crippen MR) is 132 cm³/mol. The molecule has 0 aromatic heterocycles. The number of benzene rings is 2. The first-order valence-corrected chi connectivity index (χ1v) is 13.5. The van der Waals surface area contributed by atoms with E-state index >= 15 is 0 Å². The standard InChI is InChI=1S/C27H37NO2Si/c1-27(2,3)31(24-17-9-6-10-18-24,25-19-11-7-12-20-25)30-22-13-5-4-8-15-23-16-14-21-26(29)28-23/h5-7,9-13,17-20,23H,4,8,14-16,21-22H2,1-3H3,(H,28,29)/b13-5-. The summed E-state index contributed by atoms with van der Waals surface area (Å²) < 4.78 is 6.87. The average molecular weight is 436 g/mol. The molecular formula is C27H37NO2Si. The summed E-state index contributed by atoms with van der Waals surface area (Å²) in [7, 11) is -2.45. The molecule has 4 heteroatoms. The second-order valence-corrected chi connectivity index (χ2v) is 13.8. The molecule has 0 bridgehead atoms. The Hall–Kier alpha value is -2.17. The van der Waals surface area contributed by atoms with Crippen molar-refractivity contribution in [3.05, 3.63) is 72.8 Å². The van der Waals surface area contributed by atoms with E-state index in [2.05, 4.69) is 98.9 Å². The van der Waals surface area contributed by atoms with Gasteiger partial charge in [-0.15, -0.1) is 0 Å². The van der Waals surface area contributed by atoms with Gasteiger partial charge in [-0.05, 0) is 47.5 Å². The molecule has 2 aromatic rings. The van der Waals surface area contributed by atoms with Gasteiger partial charge in [-0.3, -0.25) is 4.79 Å². The van der Waals surface area contributed by atoms with Crippen molar-refractivity contribution in [2.45, 2.75) is 70.4 Å². The number of carbonyl (C=O) groups excluding carboxylic acids is 1. The molecule has 1 heterocycles. The highest BCUT2D eigenvalue weighted by Gasteiger charge is 2.49. The molecule has 166 valence electrons. The molecular weight excluding hydrogens is 398 g/mol. The normalized spacial score (nSPS) is 17.6. The summed E-state index contributed by atoms with van der Waals surface area (Å²) >= 11 is 0. The molecule has 0 aliphatic carbocycles. The number of allylic oxidation sites excluding steroid dienone is 1. The Kier molecular flexibility index (Phi) is 8.27. The molecule has 1 atom stereocenters. The minimum atomic E-state index is -2.45. The average Bonchev–Trinajstić information content (AvgIpc) is 2.76. The largest absolute Gasteiger partial charge is 0.404 e. The van der Waals surface area contributed by atoms with Crippen LogP contribution in [0.4, 0.5) is 0 Å². The van der Waals surface area contributed by atoms with Crippen molar-refractivity contribution in [3.63, 3.8) is 0 Å². The van der Waals surface area contributed by atoms with Crippen LogP contribution >= 0.6 is 0 Å². The lowest BCUT2D eigenvalue weighted by Gasteiger charge is -2.42. The Morgan fingerprint density at radius 3 is 2.16 bits per heavy atom. The molecule has 3 nitrogen and oxygen atoms in total. The third-order valence-electron chi connectivity index (χ3n) is 6.22. The van der Waals surface area contributed by atoms with E-state index in [1.807, 2.05) is 0 Å². The number of nitrogens with one attached hydrogen (secondary N) is 1. The van der Waals surface area contributed by atoms with Gasteiger partial charge in [0.25, 0.3) is 8.32 Å². The number of hydrogen-bond acceptors (Lipinski definition) is 2. The van der Waals surface area contributed by atoms with Gasteiger partial charge in [0.15, 0.2) is 0 Å². The van der Waals surface area contributed by atoms with Crippen molar-refractivity contribution in [2.75, 3.05) is 6.61 Å². The van der Waals surface area contributed by atoms with Crippen LogP contribution in [-0.4, -0.2) is 26.9 Å². The Morgan fingerprint density at radius 2 is 1.61 bits per heavy atom. The monoisotopic (exact) mass is 435 g/mol. The molecule has 1 fully saturated rings. The second-order valence-electron chi connectivity index (χ2n) is 9.53. The molecule has 0 radical (unpaired) electrons. The van der Waals surface area contributed by atoms with Crippen LogP contribution < -0.4 is 15.7 Å². The lowest BCUT2D eigenvalue weighted by atomic mass is 9.99. The van der Waals surface area contributed by atoms with Crippen molar-refractivity contribution < 1.29 is 9.22 Å². The molecule has 0 saturated carbocycles. The Balaban J connectivity index is 1.65. The van der Waals surface area contributed by atoms with Crippen molar-refractivity contribution in [1.82, 2.24) is 5.32 Å². The van der Waals surface area contributed by atoms with Crippen LogP contribution in [0.3, 0.4) is 0 Å². The molecule has 1 saturated heterocycles. The zero-order valence-corrected chi connectivity index (χ0v) is 20.3. The zero-order valence-electron chi connectivity index (χ0n) is 19.3. The van der Waals surface area contributed by atoms with Gasteiger partial charge in [-0.1, -0.05) is 93.6 Å². The van der Waals surface area contributed by atoms with Gasteiger partial charge in [0.1, 0.15) is 0 Å². The van der Waals surface area contributed by atoms with Crippen molar-refractivity contribution in [2.24, 2.45) is 0 Å². The van der Waals surface area contributed by atoms with E-state index in [9.17, 15) is 4.79 Å². The minimum absolute atomic E-state index is 0.00271. The van der Waals surface area contributed by atoms with Crippen LogP contribution in [-0.2, 0) is 9.22 Å². The highest BCUT2D eigenvalue weighted by molar-refractivity contribution is 6.99. The molecule has 1 unspecified atom stereocenters. The number of amides is 1. The molecule has 1 aliphatic rings. The van der Waals surface area contributed by atoms with Crippen LogP contribution in [0.15, 0.2) is 72.8 Å². The van der Waals surface area contributed by atoms with E-state index < -0.39 is 8.32 Å². The maximum atomic E-state index is 11.5. The Bertz CT molecular complexity index is 803. The highest BCUT2D eigenvalue weighted by atomic mass is 28.4. The quantitative estimate of drug-likeness (QED) is 0.343. The summed E-state index contributed by atoms with van der Waals surface area (Å²) in [5.74, 6) is 0.213. The first-order valence-electron chi connectivity index (χ1n) is 11.6. The molecule has 0 spiro atoms. The molecule has 1 N–H and O–H groups in total. The van der Waals surface area contributed by atoms with Gasteiger partial charge < -0.3 is 9.74 Å². The summed E-state index contributed by atoms with van der Waals surface area (Å²) in [4.78, 5) is 11.5. The van der Waals surface area contributed by atoms with E-state index in [0.717, 1.165) is 32.1 Å². The first kappa shape index (κ1) is 23.5. The number of unbranched alkanes of at least 4 members (excludes halogenated alkanes) is 1. The van der Waals surface area contributed by atoms with Gasteiger partial charge in [-0.25, -0.2) is 0 Å². The number of hydrogen-bond donors (Lipinski definition) is 1. The van der Waals surface area contributed by atoms with Gasteiger partial charge in [0.05, 0.1) is 6.61 Å². The van der Waals surface area contributed by atoms with E-state index in [4.69, 9.17) is 4.43 Å². The molecule has 1 amide bonds. The van der Waals surface area contributed by atoms with Gasteiger partial charge in [-0.2, -0.15) is 0 Å². The number of carbonyl (C=O) groups is 1. The van der Waals surface area contributed by atoms with Crippen LogP contribution in [0.1, 0.15) is 59.3 Å². The highest BCUT2D eigenvalue weighted by Crippen LogP contribution is 2.36. The van der Waals surface area contributed by atoms with E-state index in [1.165, 1.54) is 10.4 Å². The summed E-state index contributed by atoms with van der Waals surface area (Å²) in [6.07, 6.45) is 10.4. The first-order chi connectivity index (χ1) is 14.9. The van der Waals surface area contributed by atoms with E-state index in [-0.39, 0.29) is 10.9 Å². The van der Waals surface area contributed by atoms with E-state index in [1.54, 1.807) is 0 Å². The van der Waals surface area contributed by atoms with Crippen LogP contribution in [0.5, 0.6) is 0 Å². The lowest BCUT2D eigenvalue weighted by molar-refractivity contribution is -0.123. The molecule has 3 rings (SSSR count). The van der Waals surface area contributed by atoms with Crippen molar-refractivity contribution in [1.29, 1.82) is 0 Å². The third kappa shape index (κ3) is 5.96. The van der Waals surface area contributed by atoms with Gasteiger partial charge in [0.2, 0.25) is 5.91 Å². The fraction of sp³-hybridized carbons (Fsp3) is 0.444. The number of rotatable bonds is 9. The van der Waals surface area contributed by atoms with Crippen molar-refractivity contribution >= 4 is 24.6 Å². The maximum Gasteiger partial charge on any atom is 0.261 e. The molecule has 2 aromatic carbocycles. The summed E-state index contributed by atoms with van der Waals surface area (Å²) in [6.45, 7) is 7.54. The fourth-order valence-electron chi connectivity index (χ4n) is 4.70. The van der Waals surface area contributed by atoms with Gasteiger partial charge >= 0.3 is 0 Å². The summed E-state index contributed by atoms with van der Waals surface area (Å²) in [5, 5.41) is 5.74. The van der Waals surface area contributed by atoms with Crippen LogP contribution in [0.25, 0.3) is 0 Å². The smallest absolute Gasteiger partial charge is 0.261 e. The zero-order chi connectivity index (χ0) is 22.2. The second kappa shape index (κ2) is 10.9. The topological polar surface area (TPSA) is 38.3 Å². The number of piperidine rings is 1. The van der Waals surface area contributed by atoms with Gasteiger partial charge in [0, 0.05) is 12.5 Å². The van der Waals surface area contributed by atoms with E-state index in [0.29, 0.717) is 19.1 Å². The minimum Gasteiger partial charge on any atom is -0.404 e. The predicted octanol–water partition coefficient (Wildman–Crippen LogP) is 4.96. The maximum absolute atomic E-state index is 11.5. The van der Waals surface area contributed by atoms with Crippen LogP contribution in [0, 0.1) is 0 Å². The molecule has 31 heavy (non-hydrogen) atoms. The Labute approximate surface area is 189 Å². The summed E-state index contributed by atoms with van der Waals surface area (Å²) in [6, 6.07) is 21.9. The van der Waals surface area contributed by atoms with Crippen LogP contribution in [0.2, 0.25) is 5.04 Å². The SMILES string of the molecule is CC(C)(C)[Si](OC/C=C\CCCC1CCCC(=O)N1)(c1ccccc1)c1ccccc1. The molecule has 1 aliphatic heterocycles. The lowest BCUT2D eigenvalue weighted by Crippen LogP contribution is -2.66. The fourth-order valence-corrected chi connectivity index (χ4v) is 9.20.